The van der Waals surface area contributed by atoms with Crippen molar-refractivity contribution in [1.82, 2.24) is 0 Å². The maximum atomic E-state index is 13.1. The van der Waals surface area contributed by atoms with Crippen LogP contribution in [0, 0.1) is 11.2 Å². The molecule has 0 aliphatic carbocycles. The van der Waals surface area contributed by atoms with Gasteiger partial charge in [-0.25, -0.2) is 9.18 Å². The summed E-state index contributed by atoms with van der Waals surface area (Å²) in [5, 5.41) is 9.43. The highest BCUT2D eigenvalue weighted by Gasteiger charge is 2.08. The second-order valence-electron chi connectivity index (χ2n) is 2.72. The standard InChI is InChI=1S/C9H10FN3O2/c1-15-9(14)13-5-2-3-7(10)6(4-5)8(11)12/h2-4H,1H3,(H3,11,12)(H,13,14). The van der Waals surface area contributed by atoms with Crippen LogP contribution in [0.2, 0.25) is 0 Å². The van der Waals surface area contributed by atoms with Gasteiger partial charge in [0.15, 0.2) is 0 Å². The van der Waals surface area contributed by atoms with Crippen LogP contribution in [0.25, 0.3) is 0 Å². The number of hydrogen-bond donors (Lipinski definition) is 3. The molecule has 1 amide bonds. The van der Waals surface area contributed by atoms with Crippen molar-refractivity contribution in [2.75, 3.05) is 12.4 Å². The Hall–Kier alpha value is -2.11. The van der Waals surface area contributed by atoms with Crippen molar-refractivity contribution in [3.05, 3.63) is 29.6 Å². The number of amides is 1. The van der Waals surface area contributed by atoms with Gasteiger partial charge in [-0.05, 0) is 18.2 Å². The van der Waals surface area contributed by atoms with Crippen molar-refractivity contribution < 1.29 is 13.9 Å². The predicted octanol–water partition coefficient (Wildman–Crippen LogP) is 1.29. The third-order valence-corrected chi connectivity index (χ3v) is 1.69. The average molecular weight is 211 g/mol. The van der Waals surface area contributed by atoms with Gasteiger partial charge in [-0.1, -0.05) is 0 Å². The van der Waals surface area contributed by atoms with E-state index >= 15 is 0 Å². The SMILES string of the molecule is COC(=O)Nc1ccc(F)c(C(=N)N)c1. The third kappa shape index (κ3) is 2.67. The summed E-state index contributed by atoms with van der Waals surface area (Å²) in [4.78, 5) is 10.8. The molecule has 0 saturated heterocycles. The minimum absolute atomic E-state index is 0.0658. The van der Waals surface area contributed by atoms with Gasteiger partial charge in [0.2, 0.25) is 0 Å². The molecule has 5 nitrogen and oxygen atoms in total. The molecule has 80 valence electrons. The summed E-state index contributed by atoms with van der Waals surface area (Å²) in [5.41, 5.74) is 5.39. The van der Waals surface area contributed by atoms with Crippen molar-refractivity contribution >= 4 is 17.6 Å². The Morgan fingerprint density at radius 2 is 2.27 bits per heavy atom. The van der Waals surface area contributed by atoms with E-state index in [1.165, 1.54) is 19.2 Å². The molecule has 0 saturated carbocycles. The number of nitrogens with two attached hydrogens (primary N) is 1. The van der Waals surface area contributed by atoms with Gasteiger partial charge in [0.1, 0.15) is 11.7 Å². The van der Waals surface area contributed by atoms with Gasteiger partial charge in [0, 0.05) is 5.69 Å². The molecule has 0 bridgehead atoms. The monoisotopic (exact) mass is 211 g/mol. The predicted molar refractivity (Wildman–Crippen MR) is 53.4 cm³/mol. The quantitative estimate of drug-likeness (QED) is 0.508. The van der Waals surface area contributed by atoms with Crippen LogP contribution in [0.15, 0.2) is 18.2 Å². The maximum absolute atomic E-state index is 13.1. The number of halogens is 1. The Morgan fingerprint density at radius 1 is 1.60 bits per heavy atom. The highest BCUT2D eigenvalue weighted by molar-refractivity contribution is 5.97. The lowest BCUT2D eigenvalue weighted by atomic mass is 10.1. The first-order valence-electron chi connectivity index (χ1n) is 4.03. The second-order valence-corrected chi connectivity index (χ2v) is 2.72. The smallest absolute Gasteiger partial charge is 0.411 e. The minimum atomic E-state index is -0.670. The summed E-state index contributed by atoms with van der Waals surface area (Å²) < 4.78 is 17.4. The van der Waals surface area contributed by atoms with Crippen LogP contribution in [0.3, 0.4) is 0 Å². The molecule has 0 fully saturated rings. The fourth-order valence-electron chi connectivity index (χ4n) is 0.978. The Bertz CT molecular complexity index is 406. The van der Waals surface area contributed by atoms with E-state index in [1.54, 1.807) is 0 Å². The molecule has 0 aliphatic heterocycles. The molecule has 1 rings (SSSR count). The number of hydrogen-bond acceptors (Lipinski definition) is 3. The molecule has 0 aromatic heterocycles. The Morgan fingerprint density at radius 3 is 2.80 bits per heavy atom. The second kappa shape index (κ2) is 4.41. The molecule has 0 unspecified atom stereocenters. The van der Waals surface area contributed by atoms with Gasteiger partial charge < -0.3 is 10.5 Å². The molecule has 1 aromatic carbocycles. The lowest BCUT2D eigenvalue weighted by molar-refractivity contribution is 0.187. The zero-order valence-electron chi connectivity index (χ0n) is 8.00. The molecule has 1 aromatic rings. The average Bonchev–Trinajstić information content (AvgIpc) is 2.20. The van der Waals surface area contributed by atoms with E-state index in [4.69, 9.17) is 11.1 Å². The molecule has 15 heavy (non-hydrogen) atoms. The van der Waals surface area contributed by atoms with E-state index in [0.29, 0.717) is 5.69 Å². The van der Waals surface area contributed by atoms with Gasteiger partial charge in [0.05, 0.1) is 12.7 Å². The van der Waals surface area contributed by atoms with Gasteiger partial charge in [-0.2, -0.15) is 0 Å². The van der Waals surface area contributed by atoms with Crippen LogP contribution >= 0.6 is 0 Å². The Labute approximate surface area is 85.5 Å². The number of methoxy groups -OCH3 is 1. The van der Waals surface area contributed by atoms with Gasteiger partial charge in [-0.3, -0.25) is 10.7 Å². The van der Waals surface area contributed by atoms with Crippen molar-refractivity contribution in [3.63, 3.8) is 0 Å². The number of carbonyl (C=O) groups is 1. The first-order chi connectivity index (χ1) is 7.04. The van der Waals surface area contributed by atoms with Crippen molar-refractivity contribution in [3.8, 4) is 0 Å². The largest absolute Gasteiger partial charge is 0.453 e. The number of nitrogens with one attached hydrogen (secondary N) is 2. The zero-order chi connectivity index (χ0) is 11.4. The van der Waals surface area contributed by atoms with E-state index in [-0.39, 0.29) is 5.56 Å². The normalized spacial score (nSPS) is 9.47. The summed E-state index contributed by atoms with van der Waals surface area (Å²) >= 11 is 0. The maximum Gasteiger partial charge on any atom is 0.411 e. The van der Waals surface area contributed by atoms with Crippen LogP contribution in [0.1, 0.15) is 5.56 Å². The topological polar surface area (TPSA) is 88.2 Å². The van der Waals surface area contributed by atoms with E-state index < -0.39 is 17.7 Å². The minimum Gasteiger partial charge on any atom is -0.453 e. The third-order valence-electron chi connectivity index (χ3n) is 1.69. The number of benzene rings is 1. The van der Waals surface area contributed by atoms with Crippen molar-refractivity contribution in [2.24, 2.45) is 5.73 Å². The number of anilines is 1. The number of nitrogen functional groups attached to an aromatic ring is 1. The zero-order valence-corrected chi connectivity index (χ0v) is 8.00. The lowest BCUT2D eigenvalue weighted by Crippen LogP contribution is -2.15. The van der Waals surface area contributed by atoms with E-state index in [0.717, 1.165) is 6.07 Å². The highest BCUT2D eigenvalue weighted by Crippen LogP contribution is 2.14. The van der Waals surface area contributed by atoms with Gasteiger partial charge in [0.25, 0.3) is 0 Å². The molecule has 0 atom stereocenters. The summed E-state index contributed by atoms with van der Waals surface area (Å²) in [6.45, 7) is 0. The number of amidine groups is 1. The van der Waals surface area contributed by atoms with E-state index in [9.17, 15) is 9.18 Å². The highest BCUT2D eigenvalue weighted by atomic mass is 19.1. The number of carbonyl (C=O) groups excluding carboxylic acids is 1. The Kier molecular flexibility index (Phi) is 3.22. The lowest BCUT2D eigenvalue weighted by Gasteiger charge is -2.06. The number of ether oxygens (including phenoxy) is 1. The van der Waals surface area contributed by atoms with Crippen molar-refractivity contribution in [2.45, 2.75) is 0 Å². The molecular formula is C9H10FN3O2. The molecule has 4 N–H and O–H groups in total. The molecule has 0 radical (unpaired) electrons. The van der Waals surface area contributed by atoms with Gasteiger partial charge >= 0.3 is 6.09 Å². The summed E-state index contributed by atoms with van der Waals surface area (Å²) in [6, 6.07) is 3.72. The van der Waals surface area contributed by atoms with Crippen LogP contribution in [0.4, 0.5) is 14.9 Å². The van der Waals surface area contributed by atoms with Crippen LogP contribution in [0.5, 0.6) is 0 Å². The van der Waals surface area contributed by atoms with Crippen molar-refractivity contribution in [1.29, 1.82) is 5.41 Å². The Balaban J connectivity index is 2.97. The van der Waals surface area contributed by atoms with Crippen LogP contribution in [-0.4, -0.2) is 19.0 Å². The first kappa shape index (κ1) is 11.0. The molecular weight excluding hydrogens is 201 g/mol. The van der Waals surface area contributed by atoms with E-state index in [1.807, 2.05) is 0 Å². The summed E-state index contributed by atoms with van der Waals surface area (Å²) in [6.07, 6.45) is -0.670. The van der Waals surface area contributed by atoms with Crippen LogP contribution < -0.4 is 11.1 Å². The molecule has 0 aliphatic rings. The fourth-order valence-corrected chi connectivity index (χ4v) is 0.978. The summed E-state index contributed by atoms with van der Waals surface area (Å²) in [5.74, 6) is -1.01. The molecule has 0 spiro atoms. The molecule has 6 heteroatoms. The molecule has 0 heterocycles. The van der Waals surface area contributed by atoms with Crippen LogP contribution in [-0.2, 0) is 4.74 Å². The summed E-state index contributed by atoms with van der Waals surface area (Å²) in [7, 11) is 1.21. The van der Waals surface area contributed by atoms with E-state index in [2.05, 4.69) is 10.1 Å². The first-order valence-corrected chi connectivity index (χ1v) is 4.03. The number of rotatable bonds is 2. The fraction of sp³-hybridized carbons (Fsp3) is 0.111. The van der Waals surface area contributed by atoms with Gasteiger partial charge in [-0.15, -0.1) is 0 Å².